The van der Waals surface area contributed by atoms with Crippen molar-refractivity contribution in [1.29, 1.82) is 0 Å². The van der Waals surface area contributed by atoms with Gasteiger partial charge in [-0.2, -0.15) is 30.9 Å². The van der Waals surface area contributed by atoms with Crippen LogP contribution in [-0.4, -0.2) is 11.9 Å². The van der Waals surface area contributed by atoms with Gasteiger partial charge >= 0.3 is 0 Å². The van der Waals surface area contributed by atoms with Gasteiger partial charge in [-0.25, -0.2) is 0 Å². The van der Waals surface area contributed by atoms with Gasteiger partial charge in [-0.1, -0.05) is 41.1 Å². The molecule has 2 aromatic carbocycles. The van der Waals surface area contributed by atoms with Gasteiger partial charge in [0, 0.05) is 20.1 Å². The maximum Gasteiger partial charge on any atom is 0 e. The Morgan fingerprint density at radius 1 is 1.00 bits per heavy atom. The fourth-order valence-electron chi connectivity index (χ4n) is 2.32. The van der Waals surface area contributed by atoms with Crippen LogP contribution in [0.1, 0.15) is 5.56 Å². The van der Waals surface area contributed by atoms with Gasteiger partial charge in [0.25, 0.3) is 0 Å². The van der Waals surface area contributed by atoms with Crippen LogP contribution in [-0.2, 0) is 20.1 Å². The molecule has 0 N–H and O–H groups in total. The third-order valence-corrected chi connectivity index (χ3v) is 3.30. The predicted molar refractivity (Wildman–Crippen MR) is 79.1 cm³/mol. The normalized spacial score (nSPS) is 13.5. The van der Waals surface area contributed by atoms with Crippen LogP contribution in [0.4, 0.5) is 5.69 Å². The molecule has 20 heavy (non-hydrogen) atoms. The molecule has 0 aromatic heterocycles. The SMILES string of the molecule is Cc1ccccc1-c1ccc[c-]c1N1C=CN(C)[CH-]1.[Ir]. The molecule has 0 unspecified atom stereocenters. The second-order valence-electron chi connectivity index (χ2n) is 4.73. The Labute approximate surface area is 134 Å². The Morgan fingerprint density at radius 3 is 2.45 bits per heavy atom. The first-order chi connectivity index (χ1) is 9.25. The summed E-state index contributed by atoms with van der Waals surface area (Å²) >= 11 is 0. The van der Waals surface area contributed by atoms with Gasteiger partial charge in [-0.15, -0.1) is 5.56 Å². The number of hydrogen-bond donors (Lipinski definition) is 0. The summed E-state index contributed by atoms with van der Waals surface area (Å²) in [5.74, 6) is 0. The Morgan fingerprint density at radius 2 is 1.75 bits per heavy atom. The number of rotatable bonds is 2. The van der Waals surface area contributed by atoms with E-state index in [9.17, 15) is 0 Å². The Hall–Kier alpha value is -1.57. The molecule has 1 aliphatic rings. The maximum atomic E-state index is 3.34. The Bertz CT molecular complexity index is 622. The smallest absolute Gasteiger partial charge is 0 e. The first kappa shape index (κ1) is 14.8. The summed E-state index contributed by atoms with van der Waals surface area (Å²) in [4.78, 5) is 4.13. The second kappa shape index (κ2) is 6.25. The monoisotopic (exact) mass is 441 g/mol. The van der Waals surface area contributed by atoms with Crippen molar-refractivity contribution in [1.82, 2.24) is 4.90 Å². The van der Waals surface area contributed by atoms with Crippen molar-refractivity contribution in [2.75, 3.05) is 11.9 Å². The summed E-state index contributed by atoms with van der Waals surface area (Å²) in [6.45, 7) is 4.19. The van der Waals surface area contributed by atoms with E-state index in [1.165, 1.54) is 16.7 Å². The summed E-state index contributed by atoms with van der Waals surface area (Å²) in [6.07, 6.45) is 4.08. The van der Waals surface area contributed by atoms with Gasteiger partial charge < -0.3 is 9.80 Å². The molecule has 1 heterocycles. The van der Waals surface area contributed by atoms with Gasteiger partial charge in [0.2, 0.25) is 0 Å². The molecule has 2 aromatic rings. The van der Waals surface area contributed by atoms with Crippen LogP contribution in [0.2, 0.25) is 0 Å². The Kier molecular flexibility index (Phi) is 4.64. The number of aryl methyl sites for hydroxylation is 1. The van der Waals surface area contributed by atoms with Crippen molar-refractivity contribution < 1.29 is 20.1 Å². The van der Waals surface area contributed by atoms with Gasteiger partial charge in [-0.3, -0.25) is 0 Å². The quantitative estimate of drug-likeness (QED) is 0.656. The molecule has 0 spiro atoms. The van der Waals surface area contributed by atoms with E-state index in [1.54, 1.807) is 0 Å². The fraction of sp³-hybridized carbons (Fsp3) is 0.118. The molecule has 0 saturated carbocycles. The zero-order chi connectivity index (χ0) is 13.2. The minimum Gasteiger partial charge on any atom is -0.510 e. The van der Waals surface area contributed by atoms with Crippen molar-refractivity contribution in [2.24, 2.45) is 0 Å². The Balaban J connectivity index is 0.00000147. The summed E-state index contributed by atoms with van der Waals surface area (Å²) in [7, 11) is 2.02. The topological polar surface area (TPSA) is 6.48 Å². The predicted octanol–water partition coefficient (Wildman–Crippen LogP) is 3.80. The van der Waals surface area contributed by atoms with Gasteiger partial charge in [0.15, 0.2) is 0 Å². The molecule has 0 aliphatic carbocycles. The summed E-state index contributed by atoms with van der Waals surface area (Å²) in [5, 5.41) is 0. The van der Waals surface area contributed by atoms with Crippen LogP contribution in [0.25, 0.3) is 11.1 Å². The number of hydrogen-bond acceptors (Lipinski definition) is 2. The fourth-order valence-corrected chi connectivity index (χ4v) is 2.32. The van der Waals surface area contributed by atoms with Crippen molar-refractivity contribution >= 4 is 5.69 Å². The number of nitrogens with zero attached hydrogens (tertiary/aromatic N) is 2. The molecule has 0 saturated heterocycles. The standard InChI is InChI=1S/C17H16N2.Ir/c1-14-7-3-4-8-15(14)16-9-5-6-10-17(16)19-12-11-18(2)13-19;/h3-9,11-13H,1-2H3;/q-2;. The molecule has 0 amide bonds. The summed E-state index contributed by atoms with van der Waals surface area (Å²) in [6, 6.07) is 17.9. The van der Waals surface area contributed by atoms with E-state index in [0.29, 0.717) is 0 Å². The van der Waals surface area contributed by atoms with Crippen LogP contribution in [0.15, 0.2) is 54.9 Å². The molecule has 3 heteroatoms. The molecule has 0 atom stereocenters. The molecule has 0 fully saturated rings. The summed E-state index contributed by atoms with van der Waals surface area (Å²) in [5.41, 5.74) is 4.82. The molecule has 3 rings (SSSR count). The summed E-state index contributed by atoms with van der Waals surface area (Å²) < 4.78 is 0. The first-order valence-electron chi connectivity index (χ1n) is 6.36. The molecular formula is C17H16IrN2-2. The third-order valence-electron chi connectivity index (χ3n) is 3.30. The molecular weight excluding hydrogens is 424 g/mol. The van der Waals surface area contributed by atoms with E-state index in [-0.39, 0.29) is 20.1 Å². The molecule has 105 valence electrons. The minimum atomic E-state index is 0. The van der Waals surface area contributed by atoms with Crippen LogP contribution < -0.4 is 4.90 Å². The average molecular weight is 441 g/mol. The van der Waals surface area contributed by atoms with Gasteiger partial charge in [0.05, 0.1) is 0 Å². The largest absolute Gasteiger partial charge is 0.510 e. The second-order valence-corrected chi connectivity index (χ2v) is 4.73. The zero-order valence-electron chi connectivity index (χ0n) is 11.5. The van der Waals surface area contributed by atoms with Gasteiger partial charge in [0.1, 0.15) is 0 Å². The molecule has 2 nitrogen and oxygen atoms in total. The number of para-hydroxylation sites is 1. The van der Waals surface area contributed by atoms with E-state index in [4.69, 9.17) is 0 Å². The molecule has 0 bridgehead atoms. The van der Waals surface area contributed by atoms with E-state index in [1.807, 2.05) is 43.1 Å². The minimum absolute atomic E-state index is 0. The van der Waals surface area contributed by atoms with Crippen molar-refractivity contribution in [3.63, 3.8) is 0 Å². The first-order valence-corrected chi connectivity index (χ1v) is 6.36. The van der Waals surface area contributed by atoms with Crippen molar-refractivity contribution in [3.8, 4) is 11.1 Å². The van der Waals surface area contributed by atoms with E-state index >= 15 is 0 Å². The average Bonchev–Trinajstić information content (AvgIpc) is 2.86. The number of benzene rings is 2. The number of anilines is 1. The van der Waals surface area contributed by atoms with Crippen LogP contribution >= 0.6 is 0 Å². The molecule has 1 radical (unpaired) electrons. The molecule has 1 aliphatic heterocycles. The van der Waals surface area contributed by atoms with Crippen molar-refractivity contribution in [3.05, 3.63) is 73.2 Å². The van der Waals surface area contributed by atoms with E-state index in [0.717, 1.165) is 5.69 Å². The van der Waals surface area contributed by atoms with E-state index < -0.39 is 0 Å². The van der Waals surface area contributed by atoms with Crippen LogP contribution in [0.3, 0.4) is 0 Å². The third kappa shape index (κ3) is 2.79. The zero-order valence-corrected chi connectivity index (χ0v) is 13.9. The van der Waals surface area contributed by atoms with Gasteiger partial charge in [-0.05, 0) is 26.4 Å². The van der Waals surface area contributed by atoms with Crippen LogP contribution in [0, 0.1) is 19.7 Å². The van der Waals surface area contributed by atoms with E-state index in [2.05, 4.69) is 48.2 Å². The van der Waals surface area contributed by atoms with Crippen LogP contribution in [0.5, 0.6) is 0 Å². The maximum absolute atomic E-state index is 3.34. The van der Waals surface area contributed by atoms with Crippen molar-refractivity contribution in [2.45, 2.75) is 6.92 Å².